The number of piperidine rings is 1. The molecular weight excluding hydrogens is 254 g/mol. The maximum Gasteiger partial charge on any atom is 0.236 e. The largest absolute Gasteiger partial charge is 0.395 e. The van der Waals surface area contributed by atoms with Crippen molar-refractivity contribution < 1.29 is 9.90 Å². The molecule has 0 spiro atoms. The molecule has 0 aromatic rings. The molecule has 5 heteroatoms. The quantitative estimate of drug-likeness (QED) is 0.795. The van der Waals surface area contributed by atoms with Crippen molar-refractivity contribution in [3.8, 4) is 0 Å². The van der Waals surface area contributed by atoms with Gasteiger partial charge in [0.2, 0.25) is 5.91 Å². The maximum absolute atomic E-state index is 12.4. The molecular formula is C15H29N3O2. The molecule has 1 N–H and O–H groups in total. The summed E-state index contributed by atoms with van der Waals surface area (Å²) in [6.07, 6.45) is 1.24. The highest BCUT2D eigenvalue weighted by atomic mass is 16.3. The molecule has 2 aliphatic rings. The molecule has 2 atom stereocenters. The Morgan fingerprint density at radius 2 is 1.60 bits per heavy atom. The first kappa shape index (κ1) is 15.7. The number of aliphatic hydroxyl groups is 1. The standard InChI is InChI=1S/C15H29N3O2/c1-13-9-14(2)11-18(10-13)15(20)12-17-5-3-16(4-6-17)7-8-19/h13-14,19H,3-12H2,1-2H3. The zero-order valence-corrected chi connectivity index (χ0v) is 12.9. The lowest BCUT2D eigenvalue weighted by Gasteiger charge is -2.38. The lowest BCUT2D eigenvalue weighted by atomic mass is 9.92. The normalized spacial score (nSPS) is 29.6. The van der Waals surface area contributed by atoms with Crippen LogP contribution >= 0.6 is 0 Å². The fourth-order valence-electron chi connectivity index (χ4n) is 3.47. The molecule has 0 aromatic heterocycles. The number of aliphatic hydroxyl groups excluding tert-OH is 1. The van der Waals surface area contributed by atoms with Crippen LogP contribution in [0, 0.1) is 11.8 Å². The van der Waals surface area contributed by atoms with Gasteiger partial charge >= 0.3 is 0 Å². The molecule has 0 aromatic carbocycles. The van der Waals surface area contributed by atoms with E-state index in [2.05, 4.69) is 28.5 Å². The van der Waals surface area contributed by atoms with E-state index in [1.54, 1.807) is 0 Å². The van der Waals surface area contributed by atoms with Crippen LogP contribution in [0.5, 0.6) is 0 Å². The van der Waals surface area contributed by atoms with Crippen molar-refractivity contribution >= 4 is 5.91 Å². The Morgan fingerprint density at radius 1 is 1.05 bits per heavy atom. The molecule has 1 amide bonds. The van der Waals surface area contributed by atoms with Gasteiger partial charge in [-0.2, -0.15) is 0 Å². The van der Waals surface area contributed by atoms with Gasteiger partial charge in [0.15, 0.2) is 0 Å². The second kappa shape index (κ2) is 7.38. The van der Waals surface area contributed by atoms with Gasteiger partial charge in [0.05, 0.1) is 13.2 Å². The van der Waals surface area contributed by atoms with E-state index >= 15 is 0 Å². The van der Waals surface area contributed by atoms with Crippen molar-refractivity contribution in [2.24, 2.45) is 11.8 Å². The van der Waals surface area contributed by atoms with Gasteiger partial charge in [-0.15, -0.1) is 0 Å². The first-order valence-electron chi connectivity index (χ1n) is 7.92. The molecule has 0 radical (unpaired) electrons. The van der Waals surface area contributed by atoms with Crippen LogP contribution in [-0.4, -0.2) is 84.7 Å². The van der Waals surface area contributed by atoms with Crippen molar-refractivity contribution in [2.75, 3.05) is 59.0 Å². The predicted octanol–water partition coefficient (Wildman–Crippen LogP) is 0.101. The first-order chi connectivity index (χ1) is 9.58. The number of β-amino-alcohol motifs (C(OH)–C–C–N with tert-alkyl or cyclic N) is 1. The van der Waals surface area contributed by atoms with E-state index in [1.165, 1.54) is 6.42 Å². The number of piperazine rings is 1. The molecule has 2 saturated heterocycles. The second-order valence-electron chi connectivity index (χ2n) is 6.59. The van der Waals surface area contributed by atoms with Crippen molar-refractivity contribution in [2.45, 2.75) is 20.3 Å². The third-order valence-electron chi connectivity index (χ3n) is 4.46. The lowest BCUT2D eigenvalue weighted by molar-refractivity contribution is -0.135. The van der Waals surface area contributed by atoms with Crippen molar-refractivity contribution in [1.29, 1.82) is 0 Å². The fraction of sp³-hybridized carbons (Fsp3) is 0.933. The SMILES string of the molecule is CC1CC(C)CN(C(=O)CN2CCN(CCO)CC2)C1. The summed E-state index contributed by atoms with van der Waals surface area (Å²) in [5.74, 6) is 1.55. The summed E-state index contributed by atoms with van der Waals surface area (Å²) in [6.45, 7) is 11.7. The Labute approximate surface area is 122 Å². The van der Waals surface area contributed by atoms with Crippen LogP contribution in [0.15, 0.2) is 0 Å². The molecule has 5 nitrogen and oxygen atoms in total. The first-order valence-corrected chi connectivity index (χ1v) is 7.92. The molecule has 2 heterocycles. The third-order valence-corrected chi connectivity index (χ3v) is 4.46. The number of rotatable bonds is 4. The van der Waals surface area contributed by atoms with E-state index in [9.17, 15) is 4.79 Å². The van der Waals surface area contributed by atoms with Crippen LogP contribution in [0.4, 0.5) is 0 Å². The number of likely N-dealkylation sites (tertiary alicyclic amines) is 1. The monoisotopic (exact) mass is 283 g/mol. The Kier molecular flexibility index (Phi) is 5.81. The Bertz CT molecular complexity index is 306. The molecule has 2 aliphatic heterocycles. The Morgan fingerprint density at radius 3 is 2.15 bits per heavy atom. The highest BCUT2D eigenvalue weighted by molar-refractivity contribution is 5.78. The molecule has 116 valence electrons. The van der Waals surface area contributed by atoms with E-state index in [1.807, 2.05) is 0 Å². The minimum absolute atomic E-state index is 0.225. The number of hydrogen-bond donors (Lipinski definition) is 1. The summed E-state index contributed by atoms with van der Waals surface area (Å²) in [4.78, 5) is 19.0. The highest BCUT2D eigenvalue weighted by Gasteiger charge is 2.27. The minimum atomic E-state index is 0.225. The van der Waals surface area contributed by atoms with Crippen LogP contribution in [0.2, 0.25) is 0 Å². The molecule has 2 unspecified atom stereocenters. The molecule has 20 heavy (non-hydrogen) atoms. The summed E-state index contributed by atoms with van der Waals surface area (Å²) < 4.78 is 0. The van der Waals surface area contributed by atoms with Gasteiger partial charge in [0.25, 0.3) is 0 Å². The van der Waals surface area contributed by atoms with E-state index in [0.29, 0.717) is 24.3 Å². The topological polar surface area (TPSA) is 47.0 Å². The Balaban J connectivity index is 1.75. The number of hydrogen-bond acceptors (Lipinski definition) is 4. The fourth-order valence-corrected chi connectivity index (χ4v) is 3.47. The van der Waals surface area contributed by atoms with Crippen LogP contribution in [0.25, 0.3) is 0 Å². The zero-order chi connectivity index (χ0) is 14.5. The average Bonchev–Trinajstić information content (AvgIpc) is 2.40. The highest BCUT2D eigenvalue weighted by Crippen LogP contribution is 2.21. The zero-order valence-electron chi connectivity index (χ0n) is 12.9. The van der Waals surface area contributed by atoms with Gasteiger partial charge < -0.3 is 10.0 Å². The second-order valence-corrected chi connectivity index (χ2v) is 6.59. The molecule has 0 saturated carbocycles. The van der Waals surface area contributed by atoms with Gasteiger partial charge in [0.1, 0.15) is 0 Å². The Hall–Kier alpha value is -0.650. The maximum atomic E-state index is 12.4. The van der Waals surface area contributed by atoms with Gasteiger partial charge in [-0.25, -0.2) is 0 Å². The van der Waals surface area contributed by atoms with E-state index in [4.69, 9.17) is 5.11 Å². The van der Waals surface area contributed by atoms with Gasteiger partial charge in [-0.3, -0.25) is 14.6 Å². The van der Waals surface area contributed by atoms with Gasteiger partial charge in [-0.1, -0.05) is 13.8 Å². The van der Waals surface area contributed by atoms with Crippen molar-refractivity contribution in [1.82, 2.24) is 14.7 Å². The third kappa shape index (κ3) is 4.43. The summed E-state index contributed by atoms with van der Waals surface area (Å²) in [5.41, 5.74) is 0. The molecule has 0 bridgehead atoms. The summed E-state index contributed by atoms with van der Waals surface area (Å²) in [5, 5.41) is 8.93. The number of amides is 1. The smallest absolute Gasteiger partial charge is 0.236 e. The van der Waals surface area contributed by atoms with Gasteiger partial charge in [-0.05, 0) is 18.3 Å². The van der Waals surface area contributed by atoms with E-state index < -0.39 is 0 Å². The van der Waals surface area contributed by atoms with Crippen molar-refractivity contribution in [3.05, 3.63) is 0 Å². The van der Waals surface area contributed by atoms with Crippen LogP contribution in [0.3, 0.4) is 0 Å². The molecule has 0 aliphatic carbocycles. The number of carbonyl (C=O) groups excluding carboxylic acids is 1. The van der Waals surface area contributed by atoms with Crippen LogP contribution in [-0.2, 0) is 4.79 Å². The van der Waals surface area contributed by atoms with Crippen molar-refractivity contribution in [3.63, 3.8) is 0 Å². The summed E-state index contributed by atoms with van der Waals surface area (Å²) >= 11 is 0. The summed E-state index contributed by atoms with van der Waals surface area (Å²) in [7, 11) is 0. The lowest BCUT2D eigenvalue weighted by Crippen LogP contribution is -2.52. The van der Waals surface area contributed by atoms with E-state index in [-0.39, 0.29) is 6.61 Å². The minimum Gasteiger partial charge on any atom is -0.395 e. The molecule has 2 fully saturated rings. The average molecular weight is 283 g/mol. The predicted molar refractivity (Wildman–Crippen MR) is 79.5 cm³/mol. The number of nitrogens with zero attached hydrogens (tertiary/aromatic N) is 3. The summed E-state index contributed by atoms with van der Waals surface area (Å²) in [6, 6.07) is 0. The molecule has 2 rings (SSSR count). The van der Waals surface area contributed by atoms with Gasteiger partial charge in [0, 0.05) is 45.8 Å². The van der Waals surface area contributed by atoms with E-state index in [0.717, 1.165) is 45.8 Å². The van der Waals surface area contributed by atoms with Crippen LogP contribution < -0.4 is 0 Å². The van der Waals surface area contributed by atoms with Crippen LogP contribution in [0.1, 0.15) is 20.3 Å². The number of carbonyl (C=O) groups is 1.